The van der Waals surface area contributed by atoms with Gasteiger partial charge in [0, 0.05) is 93.7 Å². The predicted octanol–water partition coefficient (Wildman–Crippen LogP) is 4.75. The van der Waals surface area contributed by atoms with Crippen molar-refractivity contribution < 1.29 is 23.7 Å². The van der Waals surface area contributed by atoms with Crippen LogP contribution in [0.15, 0.2) is 85.2 Å². The first-order valence-electron chi connectivity index (χ1n) is 19.6. The molecule has 5 aromatic rings. The molecule has 14 heteroatoms. The highest BCUT2D eigenvalue weighted by Crippen LogP contribution is 2.39. The number of amides is 1. The topological polar surface area (TPSA) is 131 Å². The fraction of sp³-hybridized carbons (Fsp3) is 0.372. The van der Waals surface area contributed by atoms with Gasteiger partial charge < -0.3 is 39.0 Å². The number of benzene rings is 3. The Morgan fingerprint density at radius 3 is 2.05 bits per heavy atom. The van der Waals surface area contributed by atoms with Crippen LogP contribution in [0, 0.1) is 0 Å². The van der Waals surface area contributed by atoms with Crippen LogP contribution in [0.4, 0.5) is 23.4 Å². The summed E-state index contributed by atoms with van der Waals surface area (Å²) < 4.78 is 21.9. The molecule has 3 aliphatic rings. The minimum absolute atomic E-state index is 0.0906. The number of methoxy groups -OCH3 is 2. The van der Waals surface area contributed by atoms with Gasteiger partial charge in [-0.25, -0.2) is 15.0 Å². The average Bonchev–Trinajstić information content (AvgIpc) is 3.71. The van der Waals surface area contributed by atoms with Crippen LogP contribution in [0.1, 0.15) is 27.0 Å². The molecule has 57 heavy (non-hydrogen) atoms. The van der Waals surface area contributed by atoms with Crippen LogP contribution in [0.3, 0.4) is 0 Å². The molecule has 0 radical (unpaired) electrons. The van der Waals surface area contributed by atoms with E-state index in [0.717, 1.165) is 90.2 Å². The lowest BCUT2D eigenvalue weighted by Gasteiger charge is -2.28. The van der Waals surface area contributed by atoms with E-state index in [9.17, 15) is 4.79 Å². The molecule has 2 fully saturated rings. The summed E-state index contributed by atoms with van der Waals surface area (Å²) in [5.41, 5.74) is 6.39. The van der Waals surface area contributed by atoms with Crippen molar-refractivity contribution in [1.82, 2.24) is 30.2 Å². The zero-order valence-electron chi connectivity index (χ0n) is 32.6. The summed E-state index contributed by atoms with van der Waals surface area (Å²) in [6.45, 7) is 9.12. The lowest BCUT2D eigenvalue weighted by Crippen LogP contribution is -2.41. The lowest BCUT2D eigenvalue weighted by atomic mass is 10.1. The maximum Gasteiger partial charge on any atom is 0.251 e. The summed E-state index contributed by atoms with van der Waals surface area (Å²) in [5, 5.41) is 3.10. The molecule has 3 aliphatic heterocycles. The van der Waals surface area contributed by atoms with Crippen molar-refractivity contribution in [2.75, 3.05) is 101 Å². The average molecular weight is 772 g/mol. The lowest BCUT2D eigenvalue weighted by molar-refractivity contribution is 0.0383. The number of hydrogen-bond donors (Lipinski definition) is 1. The van der Waals surface area contributed by atoms with E-state index in [1.165, 1.54) is 0 Å². The fourth-order valence-electron chi connectivity index (χ4n) is 7.41. The second-order valence-electron chi connectivity index (χ2n) is 14.3. The predicted molar refractivity (Wildman–Crippen MR) is 219 cm³/mol. The number of fused-ring (bicyclic) bond motifs is 1. The molecule has 0 bridgehead atoms. The monoisotopic (exact) mass is 771 g/mol. The molecule has 0 spiro atoms. The molecule has 2 aromatic heterocycles. The van der Waals surface area contributed by atoms with Crippen LogP contribution in [0.25, 0.3) is 11.3 Å². The van der Waals surface area contributed by atoms with Crippen LogP contribution >= 0.6 is 0 Å². The number of anilines is 4. The highest BCUT2D eigenvalue weighted by atomic mass is 16.5. The van der Waals surface area contributed by atoms with Gasteiger partial charge in [-0.15, -0.1) is 0 Å². The zero-order chi connectivity index (χ0) is 39.0. The van der Waals surface area contributed by atoms with E-state index in [2.05, 4.69) is 49.2 Å². The Hall–Kier alpha value is -5.83. The molecule has 0 saturated carbocycles. The zero-order valence-corrected chi connectivity index (χ0v) is 32.6. The summed E-state index contributed by atoms with van der Waals surface area (Å²) in [5.74, 6) is 3.60. The Morgan fingerprint density at radius 2 is 1.42 bits per heavy atom. The summed E-state index contributed by atoms with van der Waals surface area (Å²) in [6.07, 6.45) is 4.47. The second kappa shape index (κ2) is 18.0. The van der Waals surface area contributed by atoms with Gasteiger partial charge in [0.2, 0.25) is 11.9 Å². The number of ether oxygens (including phenoxy) is 4. The summed E-state index contributed by atoms with van der Waals surface area (Å²) in [7, 11) is 3.34. The van der Waals surface area contributed by atoms with Crippen molar-refractivity contribution in [2.24, 2.45) is 0 Å². The minimum Gasteiger partial charge on any atom is -0.497 e. The number of morpholine rings is 2. The number of nitrogens with zero attached hydrogens (tertiary/aromatic N) is 8. The maximum atomic E-state index is 13.3. The Bertz CT molecular complexity index is 2060. The SMILES string of the molecule is COc1ccc(CN(Cc2ccc(OC)cc2)c2ncc(-c3nc(N4CCOCC4)nc4c3CCN4c3cccc(C(=O)NCCN4CCOCC4)c3)cn2)cc1. The van der Waals surface area contributed by atoms with E-state index in [-0.39, 0.29) is 5.91 Å². The van der Waals surface area contributed by atoms with Gasteiger partial charge in [0.25, 0.3) is 5.91 Å². The molecule has 0 aliphatic carbocycles. The molecular weight excluding hydrogens is 723 g/mol. The number of nitrogens with one attached hydrogen (secondary N) is 1. The van der Waals surface area contributed by atoms with E-state index in [1.807, 2.05) is 60.9 Å². The number of hydrogen-bond acceptors (Lipinski definition) is 13. The van der Waals surface area contributed by atoms with E-state index in [0.29, 0.717) is 69.9 Å². The third kappa shape index (κ3) is 9.09. The van der Waals surface area contributed by atoms with E-state index in [1.54, 1.807) is 14.2 Å². The van der Waals surface area contributed by atoms with Crippen molar-refractivity contribution in [3.63, 3.8) is 0 Å². The molecule has 2 saturated heterocycles. The summed E-state index contributed by atoms with van der Waals surface area (Å²) >= 11 is 0. The highest BCUT2D eigenvalue weighted by molar-refractivity contribution is 5.95. The summed E-state index contributed by atoms with van der Waals surface area (Å²) in [4.78, 5) is 42.3. The molecule has 0 unspecified atom stereocenters. The van der Waals surface area contributed by atoms with Crippen molar-refractivity contribution in [1.29, 1.82) is 0 Å². The first kappa shape index (κ1) is 38.1. The molecule has 1 N–H and O–H groups in total. The summed E-state index contributed by atoms with van der Waals surface area (Å²) in [6, 6.07) is 23.9. The smallest absolute Gasteiger partial charge is 0.251 e. The van der Waals surface area contributed by atoms with E-state index in [4.69, 9.17) is 38.9 Å². The van der Waals surface area contributed by atoms with Gasteiger partial charge in [0.05, 0.1) is 46.3 Å². The molecule has 5 heterocycles. The van der Waals surface area contributed by atoms with Gasteiger partial charge in [-0.2, -0.15) is 4.98 Å². The molecule has 0 atom stereocenters. The molecule has 1 amide bonds. The van der Waals surface area contributed by atoms with Gasteiger partial charge in [-0.3, -0.25) is 9.69 Å². The fourth-order valence-corrected chi connectivity index (χ4v) is 7.41. The molecule has 3 aromatic carbocycles. The quantitative estimate of drug-likeness (QED) is 0.167. The van der Waals surface area contributed by atoms with Gasteiger partial charge >= 0.3 is 0 Å². The van der Waals surface area contributed by atoms with Crippen LogP contribution in [0.5, 0.6) is 11.5 Å². The van der Waals surface area contributed by atoms with Crippen molar-refractivity contribution in [3.05, 3.63) is 107 Å². The molecule has 14 nitrogen and oxygen atoms in total. The Morgan fingerprint density at radius 1 is 0.789 bits per heavy atom. The molecule has 296 valence electrons. The number of carbonyl (C=O) groups is 1. The van der Waals surface area contributed by atoms with Crippen LogP contribution in [-0.4, -0.2) is 117 Å². The van der Waals surface area contributed by atoms with Crippen LogP contribution in [-0.2, 0) is 29.0 Å². The first-order chi connectivity index (χ1) is 28.0. The standard InChI is InChI=1S/C43H49N9O5/c1-54-36-10-6-31(7-11-36)29-51(30-32-8-12-37(55-2)13-9-32)42-45-27-34(28-46-42)39-38-14-16-52(40(38)48-43(47-39)50-20-24-57-25-21-50)35-5-3-4-33(26-35)41(53)44-15-17-49-18-22-56-23-19-49/h3-13,26-28H,14-25,29-30H2,1-2H3,(H,44,53). The van der Waals surface area contributed by atoms with E-state index >= 15 is 0 Å². The highest BCUT2D eigenvalue weighted by Gasteiger charge is 2.30. The maximum absolute atomic E-state index is 13.3. The van der Waals surface area contributed by atoms with Gasteiger partial charge in [-0.1, -0.05) is 30.3 Å². The molecular formula is C43H49N9O5. The third-order valence-electron chi connectivity index (χ3n) is 10.6. The first-order valence-corrected chi connectivity index (χ1v) is 19.6. The van der Waals surface area contributed by atoms with Gasteiger partial charge in [0.1, 0.15) is 17.3 Å². The van der Waals surface area contributed by atoms with Crippen LogP contribution in [0.2, 0.25) is 0 Å². The number of aromatic nitrogens is 4. The number of rotatable bonds is 14. The molecule has 8 rings (SSSR count). The largest absolute Gasteiger partial charge is 0.497 e. The van der Waals surface area contributed by atoms with Gasteiger partial charge in [0.15, 0.2) is 0 Å². The Kier molecular flexibility index (Phi) is 12.0. The Labute approximate surface area is 333 Å². The van der Waals surface area contributed by atoms with E-state index < -0.39 is 0 Å². The normalized spacial score (nSPS) is 15.6. The Balaban J connectivity index is 1.07. The number of carbonyl (C=O) groups excluding carboxylic acids is 1. The van der Waals surface area contributed by atoms with Crippen molar-refractivity contribution >= 4 is 29.3 Å². The van der Waals surface area contributed by atoms with Crippen LogP contribution < -0.4 is 29.5 Å². The van der Waals surface area contributed by atoms with Gasteiger partial charge in [-0.05, 0) is 60.0 Å². The van der Waals surface area contributed by atoms with Crippen molar-refractivity contribution in [3.8, 4) is 22.8 Å². The minimum atomic E-state index is -0.0906. The second-order valence-corrected chi connectivity index (χ2v) is 14.3. The third-order valence-corrected chi connectivity index (χ3v) is 10.6. The van der Waals surface area contributed by atoms with Crippen molar-refractivity contribution in [2.45, 2.75) is 19.5 Å².